The number of nitrogens with one attached hydrogen (secondary N) is 2. The average Bonchev–Trinajstić information content (AvgIpc) is 1.60. The molecule has 0 saturated carbocycles. The minimum absolute atomic E-state index is 0.0482. The van der Waals surface area contributed by atoms with Crippen molar-refractivity contribution < 1.29 is 57.7 Å². The van der Waals surface area contributed by atoms with E-state index in [-0.39, 0.29) is 125 Å². The summed E-state index contributed by atoms with van der Waals surface area (Å²) >= 11 is 10.7. The van der Waals surface area contributed by atoms with Gasteiger partial charge in [0.05, 0.1) is 60.6 Å². The molecule has 0 radical (unpaired) electrons. The van der Waals surface area contributed by atoms with E-state index in [1.54, 1.807) is 44.1 Å². The van der Waals surface area contributed by atoms with Crippen molar-refractivity contribution in [1.29, 1.82) is 5.26 Å². The lowest BCUT2D eigenvalue weighted by Gasteiger charge is -2.39. The number of non-ortho nitro benzene ring substituents is 1. The maximum Gasteiger partial charge on any atom is 0.270 e. The molecule has 5 aromatic heterocycles. The van der Waals surface area contributed by atoms with Gasteiger partial charge in [0.15, 0.2) is 17.3 Å². The van der Waals surface area contributed by atoms with Crippen LogP contribution in [0.15, 0.2) is 186 Å². The van der Waals surface area contributed by atoms with Crippen molar-refractivity contribution in [1.82, 2.24) is 72.8 Å². The standard InChI is InChI=1S/C30H39BrN4O3.C28H25BrN4O3.C27H30BrN5O3.C21H24N4O4/c1-2-29(37)34-17-22(18-34)14-26(36)21-33-19-23(27-16-24(31)9-10-28(27)33)15-30(38)35-13-7-4-8-25(35)20-32-11-5-3-6-12-32;1-2-27(35)33-13-18(14-33)10-22(34)16-32-17-25(24-11-21(29)6-7-26(24)32)28(36)31-9-8-23-19(12-30)4-3-5-20(23)15-31;1-2-25(35)33-14-18(15-33)11-22(34)17-32-16-20(23-13-21(28)3-4-24(23)32)12-26(36)31-9-5-19(6-10-31)27-29-7-8-30-27;1-2-21(27)23-11-14(12-23)22-20(26)13-24-18-7-5-3-4-6-16(18)17-10-15(25(28)29)8-9-19(17)24/h2,9-10,16,19,22,25H,1,3-8,11-15,17-18,20-21H2;2-7,11,17-18H,1,8-10,13-16H2;2-4,7-8,13,16,18-19H,1,5-6,9-12,14-15,17H2,(H,29,30);2,8-10,14H,1,3-7,11-13H2,(H,22,26). The number of ketones is 3. The third-order valence-corrected chi connectivity index (χ3v) is 30.2. The van der Waals surface area contributed by atoms with Gasteiger partial charge in [0, 0.05) is 246 Å². The molecule has 13 heterocycles. The van der Waals surface area contributed by atoms with Crippen molar-refractivity contribution in [3.8, 4) is 6.07 Å². The van der Waals surface area contributed by atoms with Crippen LogP contribution in [0.2, 0.25) is 0 Å². The SMILES string of the molecule is C=CC(=O)N1CC(CC(=O)Cn2cc(C(=O)N3CCc4c(C#N)cccc4C3)c3cc(Br)ccc32)C1.C=CC(=O)N1CC(CC(=O)Cn2cc(CC(=O)N3CCC(c4ncc[nH]4)CC3)c3cc(Br)ccc32)C1.C=CC(=O)N1CC(CC(=O)Cn2cc(CC(=O)N3CCCCC3CN3CCCCC3)c3cc(Br)ccc32)C1.C=CC(=O)N1CC(NC(=O)Cn2c3c(c4cc([N+](=O)[O-])ccc42)CCCCC3)C1. The maximum absolute atomic E-state index is 13.7. The van der Waals surface area contributed by atoms with Crippen molar-refractivity contribution in [3.05, 3.63) is 247 Å². The molecule has 1 aliphatic carbocycles. The number of imidazole rings is 1. The first-order chi connectivity index (χ1) is 67.2. The summed E-state index contributed by atoms with van der Waals surface area (Å²) in [5.41, 5.74) is 11.1. The van der Waals surface area contributed by atoms with Gasteiger partial charge >= 0.3 is 0 Å². The van der Waals surface area contributed by atoms with Crippen LogP contribution in [0.5, 0.6) is 0 Å². The first-order valence-electron chi connectivity index (χ1n) is 48.4. The van der Waals surface area contributed by atoms with Crippen LogP contribution in [0, 0.1) is 39.2 Å². The van der Waals surface area contributed by atoms with Gasteiger partial charge in [-0.15, -0.1) is 0 Å². The van der Waals surface area contributed by atoms with E-state index in [9.17, 15) is 68.1 Å². The van der Waals surface area contributed by atoms with E-state index in [0.717, 1.165) is 193 Å². The summed E-state index contributed by atoms with van der Waals surface area (Å²) in [5.74, 6) is 2.00. The van der Waals surface area contributed by atoms with Crippen molar-refractivity contribution >= 4 is 162 Å². The number of H-pyrrole nitrogens is 1. The topological polar surface area (TPSA) is 341 Å². The predicted octanol–water partition coefficient (Wildman–Crippen LogP) is 14.5. The van der Waals surface area contributed by atoms with Crippen molar-refractivity contribution in [2.45, 2.75) is 173 Å². The van der Waals surface area contributed by atoms with Crippen molar-refractivity contribution in [3.63, 3.8) is 0 Å². The molecule has 2 N–H and O–H groups in total. The molecule has 0 spiro atoms. The summed E-state index contributed by atoms with van der Waals surface area (Å²) in [7, 11) is 0. The smallest absolute Gasteiger partial charge is 0.270 e. The highest BCUT2D eigenvalue weighted by Gasteiger charge is 2.38. The Hall–Kier alpha value is -12.5. The number of nitrogens with zero attached hydrogens (tertiary/aromatic N) is 15. The number of piperidine rings is 3. The molecule has 1 atom stereocenters. The number of rotatable bonds is 28. The molecular formula is C106H118Br3N17O13. The van der Waals surface area contributed by atoms with Gasteiger partial charge in [-0.05, 0) is 209 Å². The number of aromatic amines is 1. The molecular weight excluding hydrogens is 1960 g/mol. The molecule has 33 heteroatoms. The fourth-order valence-electron chi connectivity index (χ4n) is 21.4. The van der Waals surface area contributed by atoms with E-state index in [0.29, 0.717) is 127 Å². The Bertz CT molecular complexity index is 6460. The number of fused-ring (bicyclic) bond motifs is 7. The number of halogens is 3. The van der Waals surface area contributed by atoms with E-state index < -0.39 is 0 Å². The van der Waals surface area contributed by atoms with E-state index in [1.165, 1.54) is 56.1 Å². The highest BCUT2D eigenvalue weighted by atomic mass is 79.9. The number of aryl methyl sites for hydroxylation is 1. The van der Waals surface area contributed by atoms with E-state index in [2.05, 4.69) is 111 Å². The van der Waals surface area contributed by atoms with Gasteiger partial charge in [-0.2, -0.15) is 5.26 Å². The monoisotopic (exact) mass is 2070 g/mol. The van der Waals surface area contributed by atoms with Crippen LogP contribution in [-0.4, -0.2) is 247 Å². The van der Waals surface area contributed by atoms with Crippen LogP contribution in [0.25, 0.3) is 43.6 Å². The number of carbonyl (C=O) groups excluding carboxylic acids is 11. The zero-order valence-electron chi connectivity index (χ0n) is 78.4. The highest BCUT2D eigenvalue weighted by molar-refractivity contribution is 9.11. The summed E-state index contributed by atoms with van der Waals surface area (Å²) in [6.07, 6.45) is 31.1. The Morgan fingerprint density at radius 2 is 1.02 bits per heavy atom. The lowest BCUT2D eigenvalue weighted by molar-refractivity contribution is -0.384. The minimum atomic E-state index is -0.376. The lowest BCUT2D eigenvalue weighted by atomic mass is 9.94. The van der Waals surface area contributed by atoms with Crippen LogP contribution in [0.3, 0.4) is 0 Å². The van der Waals surface area contributed by atoms with Crippen molar-refractivity contribution in [2.24, 2.45) is 17.8 Å². The summed E-state index contributed by atoms with van der Waals surface area (Å²) in [6.45, 7) is 26.0. The Labute approximate surface area is 833 Å². The van der Waals surface area contributed by atoms with Gasteiger partial charge in [0.2, 0.25) is 41.4 Å². The summed E-state index contributed by atoms with van der Waals surface area (Å²) in [5, 5.41) is 27.3. The number of aromatic nitrogens is 6. The Balaban J connectivity index is 0.000000134. The number of amides is 8. The number of nitriles is 1. The van der Waals surface area contributed by atoms with Gasteiger partial charge in [-0.3, -0.25) is 62.9 Å². The zero-order chi connectivity index (χ0) is 97.8. The van der Waals surface area contributed by atoms with Gasteiger partial charge in [0.25, 0.3) is 11.6 Å². The summed E-state index contributed by atoms with van der Waals surface area (Å²) < 4.78 is 10.6. The largest absolute Gasteiger partial charge is 0.348 e. The normalized spacial score (nSPS) is 17.5. The molecule has 10 aromatic rings. The van der Waals surface area contributed by atoms with Crippen LogP contribution in [-0.2, 0) is 113 Å². The Morgan fingerprint density at radius 1 is 0.511 bits per heavy atom. The minimum Gasteiger partial charge on any atom is -0.348 e. The Morgan fingerprint density at radius 3 is 1.56 bits per heavy atom. The number of Topliss-reactive ketones (excluding diaryl/α,β-unsaturated/α-hetero) is 3. The lowest BCUT2D eigenvalue weighted by Crippen LogP contribution is -2.61. The van der Waals surface area contributed by atoms with E-state index in [1.807, 2.05) is 113 Å². The first-order valence-corrected chi connectivity index (χ1v) is 50.8. The number of hydrogen-bond acceptors (Lipinski definition) is 16. The fourth-order valence-corrected chi connectivity index (χ4v) is 22.5. The number of carbonyl (C=O) groups is 11. The maximum atomic E-state index is 13.7. The molecule has 139 heavy (non-hydrogen) atoms. The molecule has 0 bridgehead atoms. The van der Waals surface area contributed by atoms with E-state index in [4.69, 9.17) is 0 Å². The van der Waals surface area contributed by atoms with Gasteiger partial charge < -0.3 is 67.8 Å². The molecule has 9 aliphatic rings. The molecule has 1 unspecified atom stereocenters. The third kappa shape index (κ3) is 23.6. The van der Waals surface area contributed by atoms with Crippen LogP contribution in [0.4, 0.5) is 5.69 Å². The highest BCUT2D eigenvalue weighted by Crippen LogP contribution is 2.38. The summed E-state index contributed by atoms with van der Waals surface area (Å²) in [6, 6.07) is 30.8. The Kier molecular flexibility index (Phi) is 32.3. The average molecular weight is 2080 g/mol. The van der Waals surface area contributed by atoms with Crippen LogP contribution >= 0.6 is 47.8 Å². The van der Waals surface area contributed by atoms with Gasteiger partial charge in [-0.1, -0.05) is 99.1 Å². The molecule has 7 saturated heterocycles. The second-order valence-electron chi connectivity index (χ2n) is 38.2. The number of benzene rings is 5. The summed E-state index contributed by atoms with van der Waals surface area (Å²) in [4.78, 5) is 172. The first kappa shape index (κ1) is 99.5. The van der Waals surface area contributed by atoms with Gasteiger partial charge in [-0.25, -0.2) is 4.98 Å². The number of likely N-dealkylation sites (tertiary alicyclic amines) is 7. The number of nitro groups is 1. The molecule has 5 aromatic carbocycles. The molecule has 726 valence electrons. The van der Waals surface area contributed by atoms with Gasteiger partial charge in [0.1, 0.15) is 12.4 Å². The van der Waals surface area contributed by atoms with Crippen molar-refractivity contribution in [2.75, 3.05) is 98.2 Å². The van der Waals surface area contributed by atoms with Crippen LogP contribution in [0.1, 0.15) is 151 Å². The molecule has 7 fully saturated rings. The van der Waals surface area contributed by atoms with E-state index >= 15 is 0 Å². The second-order valence-corrected chi connectivity index (χ2v) is 41.0. The molecule has 8 aliphatic heterocycles. The number of nitro benzene ring substituents is 1. The zero-order valence-corrected chi connectivity index (χ0v) is 83.1. The second kappa shape index (κ2) is 45.2. The molecule has 8 amide bonds. The number of hydrogen-bond donors (Lipinski definition) is 2. The predicted molar refractivity (Wildman–Crippen MR) is 541 cm³/mol. The quantitative estimate of drug-likeness (QED) is 0.0199. The molecule has 19 rings (SSSR count). The molecule has 30 nitrogen and oxygen atoms in total. The fraction of sp³-hybridized carbons (Fsp3) is 0.425. The van der Waals surface area contributed by atoms with Crippen LogP contribution < -0.4 is 5.32 Å². The third-order valence-electron chi connectivity index (χ3n) is 28.7.